The standard InChI is InChI=1S/C20H15FN2O2S/c1-13-4-6-14(7-5-13)19(24)23(12-16-3-2-10-25-16)20-22-17-9-8-15(21)11-18(17)26-20/h2-11H,12H2,1H3. The second-order valence-corrected chi connectivity index (χ2v) is 6.95. The summed E-state index contributed by atoms with van der Waals surface area (Å²) in [6, 6.07) is 15.4. The van der Waals surface area contributed by atoms with Gasteiger partial charge in [0, 0.05) is 5.56 Å². The van der Waals surface area contributed by atoms with Crippen molar-refractivity contribution in [2.24, 2.45) is 0 Å². The summed E-state index contributed by atoms with van der Waals surface area (Å²) in [5, 5.41) is 0.507. The summed E-state index contributed by atoms with van der Waals surface area (Å²) in [5.41, 5.74) is 2.30. The van der Waals surface area contributed by atoms with Crippen molar-refractivity contribution in [3.05, 3.63) is 83.6 Å². The number of aryl methyl sites for hydroxylation is 1. The molecule has 4 aromatic rings. The molecule has 2 heterocycles. The second-order valence-electron chi connectivity index (χ2n) is 5.95. The molecule has 0 unspecified atom stereocenters. The van der Waals surface area contributed by atoms with Crippen LogP contribution in [0.15, 0.2) is 65.3 Å². The van der Waals surface area contributed by atoms with E-state index in [1.54, 1.807) is 35.4 Å². The highest BCUT2D eigenvalue weighted by Gasteiger charge is 2.22. The van der Waals surface area contributed by atoms with Crippen molar-refractivity contribution < 1.29 is 13.6 Å². The van der Waals surface area contributed by atoms with E-state index < -0.39 is 0 Å². The molecule has 0 aliphatic carbocycles. The normalized spacial score (nSPS) is 11.0. The maximum atomic E-state index is 13.5. The summed E-state index contributed by atoms with van der Waals surface area (Å²) in [7, 11) is 0. The van der Waals surface area contributed by atoms with E-state index in [1.807, 2.05) is 25.1 Å². The lowest BCUT2D eigenvalue weighted by Crippen LogP contribution is -2.30. The lowest BCUT2D eigenvalue weighted by Gasteiger charge is -2.18. The Balaban J connectivity index is 1.76. The number of hydrogen-bond acceptors (Lipinski definition) is 4. The van der Waals surface area contributed by atoms with E-state index in [0.717, 1.165) is 5.56 Å². The first-order valence-electron chi connectivity index (χ1n) is 8.07. The molecule has 6 heteroatoms. The molecule has 0 N–H and O–H groups in total. The Kier molecular flexibility index (Phi) is 4.26. The zero-order chi connectivity index (χ0) is 18.1. The van der Waals surface area contributed by atoms with Crippen LogP contribution in [0.2, 0.25) is 0 Å². The van der Waals surface area contributed by atoms with Crippen molar-refractivity contribution in [3.63, 3.8) is 0 Å². The van der Waals surface area contributed by atoms with E-state index in [0.29, 0.717) is 26.7 Å². The SMILES string of the molecule is Cc1ccc(C(=O)N(Cc2ccco2)c2nc3ccc(F)cc3s2)cc1. The van der Waals surface area contributed by atoms with Crippen LogP contribution in [-0.2, 0) is 6.54 Å². The summed E-state index contributed by atoms with van der Waals surface area (Å²) in [6.45, 7) is 2.22. The monoisotopic (exact) mass is 366 g/mol. The van der Waals surface area contributed by atoms with Gasteiger partial charge in [-0.15, -0.1) is 0 Å². The van der Waals surface area contributed by atoms with Gasteiger partial charge in [0.25, 0.3) is 5.91 Å². The van der Waals surface area contributed by atoms with Gasteiger partial charge in [-0.05, 0) is 49.4 Å². The molecule has 0 aliphatic heterocycles. The highest BCUT2D eigenvalue weighted by atomic mass is 32.1. The first-order valence-corrected chi connectivity index (χ1v) is 8.89. The molecule has 0 saturated heterocycles. The number of thiazole rings is 1. The minimum atomic E-state index is -0.324. The molecule has 0 spiro atoms. The number of aromatic nitrogens is 1. The summed E-state index contributed by atoms with van der Waals surface area (Å²) < 4.78 is 19.6. The molecule has 4 rings (SSSR count). The quantitative estimate of drug-likeness (QED) is 0.500. The molecule has 2 aromatic heterocycles. The number of carbonyl (C=O) groups is 1. The Morgan fingerprint density at radius 2 is 2.00 bits per heavy atom. The zero-order valence-corrected chi connectivity index (χ0v) is 14.8. The number of hydrogen-bond donors (Lipinski definition) is 0. The average molecular weight is 366 g/mol. The first kappa shape index (κ1) is 16.5. The Hall–Kier alpha value is -2.99. The predicted octanol–water partition coefficient (Wildman–Crippen LogP) is 5.18. The van der Waals surface area contributed by atoms with Crippen LogP contribution in [0.4, 0.5) is 9.52 Å². The summed E-state index contributed by atoms with van der Waals surface area (Å²) in [5.74, 6) is 0.145. The van der Waals surface area contributed by atoms with E-state index in [1.165, 1.54) is 23.5 Å². The van der Waals surface area contributed by atoms with Gasteiger partial charge < -0.3 is 4.42 Å². The third kappa shape index (κ3) is 3.23. The van der Waals surface area contributed by atoms with Crippen LogP contribution in [0.5, 0.6) is 0 Å². The minimum absolute atomic E-state index is 0.180. The van der Waals surface area contributed by atoms with Crippen molar-refractivity contribution in [1.29, 1.82) is 0 Å². The van der Waals surface area contributed by atoms with Crippen LogP contribution in [0, 0.1) is 12.7 Å². The predicted molar refractivity (Wildman–Crippen MR) is 100.0 cm³/mol. The topological polar surface area (TPSA) is 46.3 Å². The fraction of sp³-hybridized carbons (Fsp3) is 0.100. The van der Waals surface area contributed by atoms with E-state index in [4.69, 9.17) is 4.42 Å². The van der Waals surface area contributed by atoms with Gasteiger partial charge in [0.05, 0.1) is 23.0 Å². The number of benzene rings is 2. The van der Waals surface area contributed by atoms with Crippen molar-refractivity contribution in [2.45, 2.75) is 13.5 Å². The van der Waals surface area contributed by atoms with Crippen LogP contribution >= 0.6 is 11.3 Å². The molecule has 0 bridgehead atoms. The molecule has 4 nitrogen and oxygen atoms in total. The van der Waals surface area contributed by atoms with Crippen molar-refractivity contribution in [1.82, 2.24) is 4.98 Å². The van der Waals surface area contributed by atoms with Crippen LogP contribution in [0.25, 0.3) is 10.2 Å². The van der Waals surface area contributed by atoms with Gasteiger partial charge in [-0.3, -0.25) is 9.69 Å². The van der Waals surface area contributed by atoms with E-state index in [-0.39, 0.29) is 18.3 Å². The molecule has 0 saturated carbocycles. The summed E-state index contributed by atoms with van der Waals surface area (Å²) >= 11 is 1.28. The number of fused-ring (bicyclic) bond motifs is 1. The van der Waals surface area contributed by atoms with Gasteiger partial charge in [0.2, 0.25) is 0 Å². The summed E-state index contributed by atoms with van der Waals surface area (Å²) in [4.78, 5) is 19.2. The number of amides is 1. The molecule has 130 valence electrons. The van der Waals surface area contributed by atoms with E-state index in [2.05, 4.69) is 4.98 Å². The maximum absolute atomic E-state index is 13.5. The molecule has 0 atom stereocenters. The van der Waals surface area contributed by atoms with E-state index in [9.17, 15) is 9.18 Å². The zero-order valence-electron chi connectivity index (χ0n) is 14.0. The largest absolute Gasteiger partial charge is 0.467 e. The van der Waals surface area contributed by atoms with Crippen molar-refractivity contribution in [2.75, 3.05) is 4.90 Å². The molecule has 0 radical (unpaired) electrons. The minimum Gasteiger partial charge on any atom is -0.467 e. The van der Waals surface area contributed by atoms with Crippen molar-refractivity contribution >= 4 is 32.6 Å². The van der Waals surface area contributed by atoms with Crippen LogP contribution in [0.3, 0.4) is 0 Å². The molecular formula is C20H15FN2O2S. The van der Waals surface area contributed by atoms with Gasteiger partial charge in [0.1, 0.15) is 11.6 Å². The van der Waals surface area contributed by atoms with Gasteiger partial charge in [-0.1, -0.05) is 29.0 Å². The highest BCUT2D eigenvalue weighted by Crippen LogP contribution is 2.31. The molecule has 2 aromatic carbocycles. The molecule has 26 heavy (non-hydrogen) atoms. The Labute approximate surface area is 153 Å². The molecule has 1 amide bonds. The fourth-order valence-corrected chi connectivity index (χ4v) is 3.63. The average Bonchev–Trinajstić information content (AvgIpc) is 3.28. The number of halogens is 1. The van der Waals surface area contributed by atoms with Gasteiger partial charge in [-0.2, -0.15) is 0 Å². The smallest absolute Gasteiger partial charge is 0.260 e. The molecular weight excluding hydrogens is 351 g/mol. The number of nitrogens with zero attached hydrogens (tertiary/aromatic N) is 2. The Morgan fingerprint density at radius 3 is 2.73 bits per heavy atom. The molecule has 0 fully saturated rings. The van der Waals surface area contributed by atoms with Crippen LogP contribution < -0.4 is 4.90 Å². The van der Waals surface area contributed by atoms with Crippen LogP contribution in [0.1, 0.15) is 21.7 Å². The second kappa shape index (κ2) is 6.72. The third-order valence-corrected chi connectivity index (χ3v) is 5.05. The number of carbonyl (C=O) groups excluding carboxylic acids is 1. The van der Waals surface area contributed by atoms with Gasteiger partial charge in [0.15, 0.2) is 5.13 Å². The van der Waals surface area contributed by atoms with Gasteiger partial charge >= 0.3 is 0 Å². The van der Waals surface area contributed by atoms with E-state index >= 15 is 0 Å². The Morgan fingerprint density at radius 1 is 1.19 bits per heavy atom. The highest BCUT2D eigenvalue weighted by molar-refractivity contribution is 7.22. The lowest BCUT2D eigenvalue weighted by atomic mass is 10.1. The Bertz CT molecular complexity index is 1060. The van der Waals surface area contributed by atoms with Gasteiger partial charge in [-0.25, -0.2) is 9.37 Å². The first-order chi connectivity index (χ1) is 12.6. The fourth-order valence-electron chi connectivity index (χ4n) is 2.64. The lowest BCUT2D eigenvalue weighted by molar-refractivity contribution is 0.0983. The summed E-state index contributed by atoms with van der Waals surface area (Å²) in [6.07, 6.45) is 1.57. The van der Waals surface area contributed by atoms with Crippen LogP contribution in [-0.4, -0.2) is 10.9 Å². The number of furan rings is 1. The maximum Gasteiger partial charge on any atom is 0.260 e. The van der Waals surface area contributed by atoms with Crippen molar-refractivity contribution in [3.8, 4) is 0 Å². The molecule has 0 aliphatic rings. The number of rotatable bonds is 4. The number of anilines is 1. The third-order valence-electron chi connectivity index (χ3n) is 4.01.